The van der Waals surface area contributed by atoms with Gasteiger partial charge in [0.25, 0.3) is 0 Å². The Bertz CT molecular complexity index is 586. The highest BCUT2D eigenvalue weighted by Gasteiger charge is 2.13. The summed E-state index contributed by atoms with van der Waals surface area (Å²) in [5.74, 6) is 0.651. The highest BCUT2D eigenvalue weighted by Crippen LogP contribution is 2.38. The van der Waals surface area contributed by atoms with Gasteiger partial charge >= 0.3 is 0 Å². The third-order valence-electron chi connectivity index (χ3n) is 2.84. The molecule has 0 radical (unpaired) electrons. The van der Waals surface area contributed by atoms with E-state index >= 15 is 0 Å². The molecule has 0 aliphatic heterocycles. The molecule has 0 bridgehead atoms. The van der Waals surface area contributed by atoms with E-state index in [0.717, 1.165) is 0 Å². The van der Waals surface area contributed by atoms with Crippen molar-refractivity contribution in [3.63, 3.8) is 0 Å². The highest BCUT2D eigenvalue weighted by atomic mass is 19.1. The third kappa shape index (κ3) is 2.42. The Hall–Kier alpha value is -2.36. The summed E-state index contributed by atoms with van der Waals surface area (Å²) in [5.41, 5.74) is 1.36. The maximum Gasteiger partial charge on any atom is 0.153 e. The molecular formula is C15H13FO3. The fraction of sp³-hybridized carbons (Fsp3) is 0.133. The van der Waals surface area contributed by atoms with Gasteiger partial charge in [-0.05, 0) is 29.8 Å². The van der Waals surface area contributed by atoms with Gasteiger partial charge in [-0.25, -0.2) is 4.39 Å². The standard InChI is InChI=1S/C15H13FO3/c1-18-13-4-3-5-14(19-2)15(13)10-6-7-12(16)11(8-10)9-17/h3-9H,1-2H3. The molecule has 3 nitrogen and oxygen atoms in total. The van der Waals surface area contributed by atoms with Crippen molar-refractivity contribution in [1.82, 2.24) is 0 Å². The van der Waals surface area contributed by atoms with Crippen molar-refractivity contribution in [1.29, 1.82) is 0 Å². The van der Waals surface area contributed by atoms with E-state index in [2.05, 4.69) is 0 Å². The first-order valence-corrected chi connectivity index (χ1v) is 5.67. The number of rotatable bonds is 4. The molecule has 0 saturated heterocycles. The Morgan fingerprint density at radius 3 is 2.21 bits per heavy atom. The molecule has 2 aromatic carbocycles. The largest absolute Gasteiger partial charge is 0.496 e. The minimum atomic E-state index is -0.549. The van der Waals surface area contributed by atoms with Crippen molar-refractivity contribution >= 4 is 6.29 Å². The van der Waals surface area contributed by atoms with Gasteiger partial charge in [0.05, 0.1) is 25.3 Å². The SMILES string of the molecule is COc1cccc(OC)c1-c1ccc(F)c(C=O)c1. The first-order chi connectivity index (χ1) is 9.21. The van der Waals surface area contributed by atoms with Crippen LogP contribution in [-0.2, 0) is 0 Å². The van der Waals surface area contributed by atoms with E-state index in [9.17, 15) is 9.18 Å². The van der Waals surface area contributed by atoms with E-state index in [4.69, 9.17) is 9.47 Å². The van der Waals surface area contributed by atoms with Gasteiger partial charge in [0.1, 0.15) is 17.3 Å². The summed E-state index contributed by atoms with van der Waals surface area (Å²) in [5, 5.41) is 0. The molecule has 0 aromatic heterocycles. The molecule has 0 heterocycles. The Morgan fingerprint density at radius 1 is 1.05 bits per heavy atom. The topological polar surface area (TPSA) is 35.5 Å². The van der Waals surface area contributed by atoms with Crippen LogP contribution in [0.25, 0.3) is 11.1 Å². The molecule has 0 aliphatic carbocycles. The lowest BCUT2D eigenvalue weighted by Gasteiger charge is -2.13. The molecule has 2 aromatic rings. The van der Waals surface area contributed by atoms with Gasteiger partial charge in [-0.1, -0.05) is 12.1 Å². The maximum absolute atomic E-state index is 13.4. The normalized spacial score (nSPS) is 10.1. The molecule has 0 aliphatic rings. The van der Waals surface area contributed by atoms with Crippen LogP contribution < -0.4 is 9.47 Å². The Kier molecular flexibility index (Phi) is 3.80. The second-order valence-corrected chi connectivity index (χ2v) is 3.89. The lowest BCUT2D eigenvalue weighted by Crippen LogP contribution is -1.95. The molecule has 98 valence electrons. The number of aldehydes is 1. The van der Waals surface area contributed by atoms with Crippen molar-refractivity contribution in [3.8, 4) is 22.6 Å². The van der Waals surface area contributed by atoms with E-state index in [1.165, 1.54) is 12.1 Å². The minimum Gasteiger partial charge on any atom is -0.496 e. The molecule has 4 heteroatoms. The molecule has 2 rings (SSSR count). The molecule has 0 unspecified atom stereocenters. The van der Waals surface area contributed by atoms with Gasteiger partial charge in [-0.2, -0.15) is 0 Å². The first kappa shape index (κ1) is 13.1. The van der Waals surface area contributed by atoms with Crippen LogP contribution in [0.1, 0.15) is 10.4 Å². The monoisotopic (exact) mass is 260 g/mol. The number of carbonyl (C=O) groups is 1. The predicted octanol–water partition coefficient (Wildman–Crippen LogP) is 3.32. The molecule has 0 spiro atoms. The molecule has 0 saturated carbocycles. The zero-order chi connectivity index (χ0) is 13.8. The van der Waals surface area contributed by atoms with Crippen molar-refractivity contribution in [2.24, 2.45) is 0 Å². The van der Waals surface area contributed by atoms with Crippen LogP contribution >= 0.6 is 0 Å². The molecule has 0 N–H and O–H groups in total. The second-order valence-electron chi connectivity index (χ2n) is 3.89. The Balaban J connectivity index is 2.66. The lowest BCUT2D eigenvalue weighted by molar-refractivity contribution is 0.112. The fourth-order valence-corrected chi connectivity index (χ4v) is 1.93. The zero-order valence-corrected chi connectivity index (χ0v) is 10.6. The predicted molar refractivity (Wildman–Crippen MR) is 70.3 cm³/mol. The average Bonchev–Trinajstić information content (AvgIpc) is 2.47. The summed E-state index contributed by atoms with van der Waals surface area (Å²) < 4.78 is 23.9. The zero-order valence-electron chi connectivity index (χ0n) is 10.6. The summed E-state index contributed by atoms with van der Waals surface area (Å²) in [4.78, 5) is 10.8. The summed E-state index contributed by atoms with van der Waals surface area (Å²) in [7, 11) is 3.09. The van der Waals surface area contributed by atoms with Gasteiger partial charge in [-0.3, -0.25) is 4.79 Å². The van der Waals surface area contributed by atoms with Gasteiger partial charge in [-0.15, -0.1) is 0 Å². The number of halogens is 1. The summed E-state index contributed by atoms with van der Waals surface area (Å²) in [6, 6.07) is 9.67. The first-order valence-electron chi connectivity index (χ1n) is 5.67. The lowest BCUT2D eigenvalue weighted by atomic mass is 10.0. The van der Waals surface area contributed by atoms with Gasteiger partial charge in [0.2, 0.25) is 0 Å². The van der Waals surface area contributed by atoms with E-state index < -0.39 is 5.82 Å². The number of hydrogen-bond acceptors (Lipinski definition) is 3. The number of hydrogen-bond donors (Lipinski definition) is 0. The second kappa shape index (κ2) is 5.52. The van der Waals surface area contributed by atoms with E-state index in [-0.39, 0.29) is 5.56 Å². The molecule has 0 fully saturated rings. The smallest absolute Gasteiger partial charge is 0.153 e. The van der Waals surface area contributed by atoms with Crippen molar-refractivity contribution in [2.75, 3.05) is 14.2 Å². The van der Waals surface area contributed by atoms with Gasteiger partial charge in [0.15, 0.2) is 6.29 Å². The minimum absolute atomic E-state index is 0.00505. The Labute approximate surface area is 110 Å². The van der Waals surface area contributed by atoms with Crippen LogP contribution in [-0.4, -0.2) is 20.5 Å². The maximum atomic E-state index is 13.4. The van der Waals surface area contributed by atoms with Crippen molar-refractivity contribution < 1.29 is 18.7 Å². The van der Waals surface area contributed by atoms with Crippen LogP contribution in [0.4, 0.5) is 4.39 Å². The third-order valence-corrected chi connectivity index (χ3v) is 2.84. The van der Waals surface area contributed by atoms with Crippen LogP contribution in [0.15, 0.2) is 36.4 Å². The summed E-state index contributed by atoms with van der Waals surface area (Å²) >= 11 is 0. The average molecular weight is 260 g/mol. The van der Waals surface area contributed by atoms with Crippen molar-refractivity contribution in [2.45, 2.75) is 0 Å². The van der Waals surface area contributed by atoms with Crippen LogP contribution in [0.5, 0.6) is 11.5 Å². The van der Waals surface area contributed by atoms with Crippen LogP contribution in [0, 0.1) is 5.82 Å². The van der Waals surface area contributed by atoms with Crippen LogP contribution in [0.3, 0.4) is 0 Å². The molecule has 19 heavy (non-hydrogen) atoms. The van der Waals surface area contributed by atoms with Crippen LogP contribution in [0.2, 0.25) is 0 Å². The van der Waals surface area contributed by atoms with Gasteiger partial charge < -0.3 is 9.47 Å². The molecule has 0 amide bonds. The Morgan fingerprint density at radius 2 is 1.68 bits per heavy atom. The number of benzene rings is 2. The number of ether oxygens (including phenoxy) is 2. The summed E-state index contributed by atoms with van der Waals surface area (Å²) in [6.07, 6.45) is 0.487. The quantitative estimate of drug-likeness (QED) is 0.791. The molecular weight excluding hydrogens is 247 g/mol. The summed E-state index contributed by atoms with van der Waals surface area (Å²) in [6.45, 7) is 0. The number of methoxy groups -OCH3 is 2. The highest BCUT2D eigenvalue weighted by molar-refractivity contribution is 5.83. The fourth-order valence-electron chi connectivity index (χ4n) is 1.93. The van der Waals surface area contributed by atoms with Gasteiger partial charge in [0, 0.05) is 0 Å². The van der Waals surface area contributed by atoms with Crippen molar-refractivity contribution in [3.05, 3.63) is 47.8 Å². The number of carbonyl (C=O) groups excluding carboxylic acids is 1. The van der Waals surface area contributed by atoms with E-state index in [1.54, 1.807) is 38.5 Å². The molecule has 0 atom stereocenters. The van der Waals surface area contributed by atoms with E-state index in [0.29, 0.717) is 28.9 Å². The van der Waals surface area contributed by atoms with E-state index in [1.807, 2.05) is 0 Å².